The van der Waals surface area contributed by atoms with Gasteiger partial charge in [0.25, 0.3) is 0 Å². The molecule has 136 valence electrons. The Labute approximate surface area is 162 Å². The number of rotatable bonds is 6. The number of hydrogen-bond donors (Lipinski definition) is 1. The maximum absolute atomic E-state index is 12.2. The van der Waals surface area contributed by atoms with E-state index in [1.165, 1.54) is 18.0 Å². The molecule has 1 N–H and O–H groups in total. The van der Waals surface area contributed by atoms with E-state index in [1.807, 2.05) is 18.2 Å². The van der Waals surface area contributed by atoms with Gasteiger partial charge in [0.05, 0.1) is 29.4 Å². The van der Waals surface area contributed by atoms with E-state index in [0.717, 1.165) is 5.56 Å². The van der Waals surface area contributed by atoms with Crippen molar-refractivity contribution >= 4 is 46.8 Å². The van der Waals surface area contributed by atoms with Gasteiger partial charge in [-0.3, -0.25) is 9.59 Å². The smallest absolute Gasteiger partial charge is 0.246 e. The Morgan fingerprint density at radius 2 is 1.92 bits per heavy atom. The number of halogens is 2. The van der Waals surface area contributed by atoms with E-state index in [2.05, 4.69) is 5.32 Å². The number of amides is 2. The van der Waals surface area contributed by atoms with E-state index in [-0.39, 0.29) is 23.4 Å². The summed E-state index contributed by atoms with van der Waals surface area (Å²) in [7, 11) is 3.12. The van der Waals surface area contributed by atoms with Gasteiger partial charge in [-0.2, -0.15) is 0 Å². The van der Waals surface area contributed by atoms with Crippen molar-refractivity contribution in [1.82, 2.24) is 4.90 Å². The monoisotopic (exact) mass is 392 g/mol. The van der Waals surface area contributed by atoms with E-state index in [1.54, 1.807) is 37.5 Å². The lowest BCUT2D eigenvalue weighted by molar-refractivity contribution is -0.129. The lowest BCUT2D eigenvalue weighted by Gasteiger charge is -2.15. The van der Waals surface area contributed by atoms with Gasteiger partial charge in [-0.25, -0.2) is 0 Å². The molecule has 5 nitrogen and oxygen atoms in total. The molecule has 0 aliphatic heterocycles. The topological polar surface area (TPSA) is 58.6 Å². The van der Waals surface area contributed by atoms with Gasteiger partial charge >= 0.3 is 0 Å². The van der Waals surface area contributed by atoms with E-state index in [0.29, 0.717) is 16.5 Å². The number of nitrogens with zero attached hydrogens (tertiary/aromatic N) is 1. The third kappa shape index (κ3) is 5.51. The maximum atomic E-state index is 12.2. The van der Waals surface area contributed by atoms with Crippen molar-refractivity contribution in [3.63, 3.8) is 0 Å². The molecule has 2 amide bonds. The van der Waals surface area contributed by atoms with Crippen molar-refractivity contribution in [3.8, 4) is 5.75 Å². The second kappa shape index (κ2) is 9.27. The predicted octanol–water partition coefficient (Wildman–Crippen LogP) is 4.11. The van der Waals surface area contributed by atoms with Crippen molar-refractivity contribution in [1.29, 1.82) is 0 Å². The van der Waals surface area contributed by atoms with Gasteiger partial charge in [0.15, 0.2) is 0 Å². The van der Waals surface area contributed by atoms with Crippen LogP contribution >= 0.6 is 23.2 Å². The van der Waals surface area contributed by atoms with Crippen molar-refractivity contribution in [2.24, 2.45) is 0 Å². The highest BCUT2D eigenvalue weighted by Gasteiger charge is 2.13. The highest BCUT2D eigenvalue weighted by atomic mass is 35.5. The standard InChI is InChI=1S/C19H18Cl2N2O3/c1-23(12-17(24)22-16-8-4-7-15(20)19(16)21)18(25)10-9-13-5-3-6-14(11-13)26-2/h3-11H,12H2,1-2H3,(H,22,24)/b10-9+. The van der Waals surface area contributed by atoms with Crippen LogP contribution in [0.1, 0.15) is 5.56 Å². The van der Waals surface area contributed by atoms with Crippen LogP contribution in [0.4, 0.5) is 5.69 Å². The molecule has 0 radical (unpaired) electrons. The Morgan fingerprint density at radius 3 is 2.65 bits per heavy atom. The van der Waals surface area contributed by atoms with Crippen LogP contribution in [0.2, 0.25) is 10.0 Å². The minimum atomic E-state index is -0.375. The van der Waals surface area contributed by atoms with Crippen LogP contribution in [-0.4, -0.2) is 37.4 Å². The third-order valence-electron chi connectivity index (χ3n) is 3.49. The molecule has 0 aliphatic carbocycles. The SMILES string of the molecule is COc1cccc(/C=C/C(=O)N(C)CC(=O)Nc2cccc(Cl)c2Cl)c1. The summed E-state index contributed by atoms with van der Waals surface area (Å²) in [4.78, 5) is 25.6. The molecule has 2 rings (SSSR count). The number of ether oxygens (including phenoxy) is 1. The molecule has 2 aromatic carbocycles. The summed E-state index contributed by atoms with van der Waals surface area (Å²) in [6, 6.07) is 12.2. The molecule has 26 heavy (non-hydrogen) atoms. The molecule has 0 saturated heterocycles. The molecule has 0 heterocycles. The Hall–Kier alpha value is -2.50. The number of carbonyl (C=O) groups excluding carboxylic acids is 2. The number of benzene rings is 2. The average molecular weight is 393 g/mol. The molecule has 0 spiro atoms. The van der Waals surface area contributed by atoms with Crippen LogP contribution < -0.4 is 10.1 Å². The molecule has 0 aromatic heterocycles. The summed E-state index contributed by atoms with van der Waals surface area (Å²) < 4.78 is 5.13. The zero-order valence-electron chi connectivity index (χ0n) is 14.3. The van der Waals surface area contributed by atoms with Gasteiger partial charge in [0, 0.05) is 13.1 Å². The van der Waals surface area contributed by atoms with E-state index >= 15 is 0 Å². The van der Waals surface area contributed by atoms with Crippen molar-refractivity contribution in [2.45, 2.75) is 0 Å². The maximum Gasteiger partial charge on any atom is 0.246 e. The van der Waals surface area contributed by atoms with Crippen molar-refractivity contribution in [2.75, 3.05) is 26.0 Å². The zero-order valence-corrected chi connectivity index (χ0v) is 15.8. The Balaban J connectivity index is 1.94. The number of hydrogen-bond acceptors (Lipinski definition) is 3. The summed E-state index contributed by atoms with van der Waals surface area (Å²) in [6.07, 6.45) is 3.06. The molecule has 2 aromatic rings. The first-order chi connectivity index (χ1) is 12.4. The van der Waals surface area contributed by atoms with Gasteiger partial charge in [-0.15, -0.1) is 0 Å². The zero-order chi connectivity index (χ0) is 19.1. The van der Waals surface area contributed by atoms with Gasteiger partial charge in [0.1, 0.15) is 5.75 Å². The fraction of sp³-hybridized carbons (Fsp3) is 0.158. The molecule has 0 aliphatic rings. The highest BCUT2D eigenvalue weighted by Crippen LogP contribution is 2.29. The second-order valence-corrected chi connectivity index (χ2v) is 6.24. The Bertz CT molecular complexity index is 837. The minimum absolute atomic E-state index is 0.121. The van der Waals surface area contributed by atoms with E-state index in [4.69, 9.17) is 27.9 Å². The van der Waals surface area contributed by atoms with Gasteiger partial charge < -0.3 is 15.0 Å². The average Bonchev–Trinajstić information content (AvgIpc) is 2.63. The fourth-order valence-corrected chi connectivity index (χ4v) is 2.47. The van der Waals surface area contributed by atoms with Crippen LogP contribution in [0.15, 0.2) is 48.5 Å². The normalized spacial score (nSPS) is 10.6. The molecule has 0 bridgehead atoms. The van der Waals surface area contributed by atoms with Crippen LogP contribution in [-0.2, 0) is 9.59 Å². The first-order valence-corrected chi connectivity index (χ1v) is 8.47. The summed E-state index contributed by atoms with van der Waals surface area (Å²) in [5.74, 6) is 0.0192. The number of nitrogens with one attached hydrogen (secondary N) is 1. The van der Waals surface area contributed by atoms with Crippen LogP contribution in [0.5, 0.6) is 5.75 Å². The Kier molecular flexibility index (Phi) is 7.06. The Morgan fingerprint density at radius 1 is 1.19 bits per heavy atom. The van der Waals surface area contributed by atoms with Gasteiger partial charge in [-0.05, 0) is 35.9 Å². The molecule has 7 heteroatoms. The van der Waals surface area contributed by atoms with E-state index < -0.39 is 0 Å². The number of methoxy groups -OCH3 is 1. The first kappa shape index (κ1) is 19.8. The first-order valence-electron chi connectivity index (χ1n) is 7.72. The van der Waals surface area contributed by atoms with Crippen molar-refractivity contribution < 1.29 is 14.3 Å². The second-order valence-electron chi connectivity index (χ2n) is 5.45. The van der Waals surface area contributed by atoms with Gasteiger partial charge in [0.2, 0.25) is 11.8 Å². The molecule has 0 saturated carbocycles. The summed E-state index contributed by atoms with van der Waals surface area (Å²) in [5.41, 5.74) is 1.22. The molecule has 0 fully saturated rings. The van der Waals surface area contributed by atoms with Crippen molar-refractivity contribution in [3.05, 3.63) is 64.1 Å². The highest BCUT2D eigenvalue weighted by molar-refractivity contribution is 6.44. The summed E-state index contributed by atoms with van der Waals surface area (Å²) in [5, 5.41) is 3.24. The lowest BCUT2D eigenvalue weighted by atomic mass is 10.2. The largest absolute Gasteiger partial charge is 0.497 e. The molecule has 0 unspecified atom stereocenters. The number of anilines is 1. The van der Waals surface area contributed by atoms with Crippen LogP contribution in [0.3, 0.4) is 0 Å². The fourth-order valence-electron chi connectivity index (χ4n) is 2.12. The number of likely N-dealkylation sites (N-methyl/N-ethyl adjacent to an activating group) is 1. The van der Waals surface area contributed by atoms with Crippen LogP contribution in [0.25, 0.3) is 6.08 Å². The minimum Gasteiger partial charge on any atom is -0.497 e. The predicted molar refractivity (Wildman–Crippen MR) is 105 cm³/mol. The van der Waals surface area contributed by atoms with E-state index in [9.17, 15) is 9.59 Å². The number of carbonyl (C=O) groups is 2. The summed E-state index contributed by atoms with van der Waals surface area (Å²) in [6.45, 7) is -0.121. The summed E-state index contributed by atoms with van der Waals surface area (Å²) >= 11 is 11.9. The molecular weight excluding hydrogens is 375 g/mol. The quantitative estimate of drug-likeness (QED) is 0.752. The third-order valence-corrected chi connectivity index (χ3v) is 4.31. The van der Waals surface area contributed by atoms with Gasteiger partial charge in [-0.1, -0.05) is 41.4 Å². The molecule has 0 atom stereocenters. The lowest BCUT2D eigenvalue weighted by Crippen LogP contribution is -2.33. The molecular formula is C19H18Cl2N2O3. The van der Waals surface area contributed by atoms with Crippen LogP contribution in [0, 0.1) is 0 Å².